The molecule has 0 fully saturated rings. The van der Waals surface area contributed by atoms with E-state index in [1.807, 2.05) is 19.1 Å². The number of hydrogen-bond acceptors (Lipinski definition) is 4. The largest absolute Gasteiger partial charge is 0.384 e. The smallest absolute Gasteiger partial charge is 0.123 e. The van der Waals surface area contributed by atoms with Crippen LogP contribution in [0.25, 0.3) is 0 Å². The van der Waals surface area contributed by atoms with Crippen molar-refractivity contribution in [3.63, 3.8) is 0 Å². The molecule has 1 rings (SSSR count). The summed E-state index contributed by atoms with van der Waals surface area (Å²) < 4.78 is 5.65. The summed E-state index contributed by atoms with van der Waals surface area (Å²) >= 11 is 0. The molecule has 4 heteroatoms. The van der Waals surface area contributed by atoms with Crippen molar-refractivity contribution in [1.82, 2.24) is 10.3 Å². The molecule has 0 bridgehead atoms. The number of nitrogen functional groups attached to an aromatic ring is 1. The first kappa shape index (κ1) is 13.9. The maximum absolute atomic E-state index is 5.68. The molecular weight excluding hydrogens is 214 g/mol. The summed E-state index contributed by atoms with van der Waals surface area (Å²) in [6.45, 7) is 7.89. The van der Waals surface area contributed by atoms with Crippen LogP contribution in [0.1, 0.15) is 26.3 Å². The molecule has 17 heavy (non-hydrogen) atoms. The molecule has 1 heterocycles. The Morgan fingerprint density at radius 2 is 2.24 bits per heavy atom. The molecule has 1 aromatic rings. The fraction of sp³-hybridized carbons (Fsp3) is 0.615. The lowest BCUT2D eigenvalue weighted by atomic mass is 10.0. The molecule has 0 radical (unpaired) electrons. The van der Waals surface area contributed by atoms with Gasteiger partial charge in [-0.1, -0.05) is 6.92 Å². The first-order chi connectivity index (χ1) is 8.17. The molecule has 0 aromatic carbocycles. The average molecular weight is 237 g/mol. The van der Waals surface area contributed by atoms with Gasteiger partial charge in [0.15, 0.2) is 0 Å². The number of aromatic nitrogens is 1. The van der Waals surface area contributed by atoms with Gasteiger partial charge in [-0.2, -0.15) is 0 Å². The van der Waals surface area contributed by atoms with Gasteiger partial charge >= 0.3 is 0 Å². The number of ether oxygens (including phenoxy) is 1. The van der Waals surface area contributed by atoms with Gasteiger partial charge in [0, 0.05) is 18.8 Å². The molecular formula is C13H23N3O. The van der Waals surface area contributed by atoms with E-state index in [1.165, 1.54) is 5.56 Å². The maximum atomic E-state index is 5.68. The van der Waals surface area contributed by atoms with Crippen molar-refractivity contribution in [2.45, 2.75) is 39.3 Å². The second-order valence-corrected chi connectivity index (χ2v) is 4.12. The Morgan fingerprint density at radius 3 is 2.82 bits per heavy atom. The number of nitrogens with zero attached hydrogens (tertiary/aromatic N) is 1. The Kier molecular flexibility index (Phi) is 5.94. The van der Waals surface area contributed by atoms with Crippen molar-refractivity contribution in [3.05, 3.63) is 23.9 Å². The minimum atomic E-state index is 0.189. The Bertz CT molecular complexity index is 330. The number of nitrogens with two attached hydrogens (primary N) is 1. The Balaban J connectivity index is 2.65. The first-order valence-electron chi connectivity index (χ1n) is 6.22. The van der Waals surface area contributed by atoms with Crippen molar-refractivity contribution < 1.29 is 4.74 Å². The minimum absolute atomic E-state index is 0.189. The lowest BCUT2D eigenvalue weighted by Crippen LogP contribution is -2.41. The summed E-state index contributed by atoms with van der Waals surface area (Å²) in [6.07, 6.45) is 2.84. The van der Waals surface area contributed by atoms with E-state index in [4.69, 9.17) is 10.5 Å². The maximum Gasteiger partial charge on any atom is 0.123 e. The highest BCUT2D eigenvalue weighted by molar-refractivity contribution is 5.32. The van der Waals surface area contributed by atoms with Crippen LogP contribution in [0.3, 0.4) is 0 Å². The van der Waals surface area contributed by atoms with Gasteiger partial charge in [-0.25, -0.2) is 4.98 Å². The summed E-state index contributed by atoms with van der Waals surface area (Å²) in [7, 11) is 0. The molecule has 0 spiro atoms. The van der Waals surface area contributed by atoms with E-state index in [0.717, 1.165) is 19.6 Å². The summed E-state index contributed by atoms with van der Waals surface area (Å²) in [5, 5.41) is 3.45. The third kappa shape index (κ3) is 4.71. The van der Waals surface area contributed by atoms with Gasteiger partial charge in [0.05, 0.1) is 6.10 Å². The fourth-order valence-corrected chi connectivity index (χ4v) is 1.92. The lowest BCUT2D eigenvalue weighted by Gasteiger charge is -2.24. The molecule has 0 saturated heterocycles. The summed E-state index contributed by atoms with van der Waals surface area (Å²) in [6, 6.07) is 4.23. The molecule has 0 aliphatic carbocycles. The summed E-state index contributed by atoms with van der Waals surface area (Å²) in [4.78, 5) is 4.00. The molecule has 0 aliphatic heterocycles. The Labute approximate surface area is 104 Å². The number of nitrogens with one attached hydrogen (secondary N) is 1. The second-order valence-electron chi connectivity index (χ2n) is 4.12. The SMILES string of the molecule is CCNC(Cc1ccnc(N)c1)C(C)OCC. The van der Waals surface area contributed by atoms with E-state index in [1.54, 1.807) is 6.20 Å². The first-order valence-corrected chi connectivity index (χ1v) is 6.22. The Hall–Kier alpha value is -1.13. The van der Waals surface area contributed by atoms with Gasteiger partial charge < -0.3 is 15.8 Å². The number of likely N-dealkylation sites (N-methyl/N-ethyl adjacent to an activating group) is 1. The zero-order chi connectivity index (χ0) is 12.7. The van der Waals surface area contributed by atoms with Gasteiger partial charge in [-0.3, -0.25) is 0 Å². The molecule has 3 N–H and O–H groups in total. The van der Waals surface area contributed by atoms with Crippen LogP contribution in [0.2, 0.25) is 0 Å². The van der Waals surface area contributed by atoms with Gasteiger partial charge in [-0.15, -0.1) is 0 Å². The van der Waals surface area contributed by atoms with E-state index in [9.17, 15) is 0 Å². The summed E-state index contributed by atoms with van der Waals surface area (Å²) in [5.74, 6) is 0.571. The highest BCUT2D eigenvalue weighted by atomic mass is 16.5. The predicted octanol–water partition coefficient (Wildman–Crippen LogP) is 1.61. The van der Waals surface area contributed by atoms with Crippen LogP contribution in [0.15, 0.2) is 18.3 Å². The molecule has 96 valence electrons. The van der Waals surface area contributed by atoms with Gasteiger partial charge in [0.2, 0.25) is 0 Å². The average Bonchev–Trinajstić information content (AvgIpc) is 2.29. The van der Waals surface area contributed by atoms with Crippen LogP contribution < -0.4 is 11.1 Å². The van der Waals surface area contributed by atoms with Gasteiger partial charge in [0.1, 0.15) is 5.82 Å². The predicted molar refractivity (Wildman–Crippen MR) is 70.9 cm³/mol. The molecule has 0 aliphatic rings. The van der Waals surface area contributed by atoms with Crippen molar-refractivity contribution in [3.8, 4) is 0 Å². The van der Waals surface area contributed by atoms with E-state index in [0.29, 0.717) is 11.9 Å². The number of hydrogen-bond donors (Lipinski definition) is 2. The minimum Gasteiger partial charge on any atom is -0.384 e. The van der Waals surface area contributed by atoms with Crippen molar-refractivity contribution in [1.29, 1.82) is 0 Å². The second kappa shape index (κ2) is 7.25. The topological polar surface area (TPSA) is 60.2 Å². The van der Waals surface area contributed by atoms with Crippen molar-refractivity contribution in [2.75, 3.05) is 18.9 Å². The number of anilines is 1. The van der Waals surface area contributed by atoms with Crippen LogP contribution in [-0.2, 0) is 11.2 Å². The number of rotatable bonds is 7. The molecule has 0 saturated carbocycles. The standard InChI is InChI=1S/C13H23N3O/c1-4-15-12(10(3)17-5-2)8-11-6-7-16-13(14)9-11/h6-7,9-10,12,15H,4-5,8H2,1-3H3,(H2,14,16). The molecule has 1 aromatic heterocycles. The molecule has 2 atom stereocenters. The fourth-order valence-electron chi connectivity index (χ4n) is 1.92. The van der Waals surface area contributed by atoms with Crippen LogP contribution in [-0.4, -0.2) is 30.3 Å². The van der Waals surface area contributed by atoms with E-state index < -0.39 is 0 Å². The zero-order valence-corrected chi connectivity index (χ0v) is 10.9. The highest BCUT2D eigenvalue weighted by Crippen LogP contribution is 2.10. The Morgan fingerprint density at radius 1 is 1.47 bits per heavy atom. The molecule has 4 nitrogen and oxygen atoms in total. The third-order valence-electron chi connectivity index (χ3n) is 2.76. The molecule has 2 unspecified atom stereocenters. The van der Waals surface area contributed by atoms with Crippen LogP contribution in [0.4, 0.5) is 5.82 Å². The van der Waals surface area contributed by atoms with Gasteiger partial charge in [0.25, 0.3) is 0 Å². The highest BCUT2D eigenvalue weighted by Gasteiger charge is 2.16. The molecule has 0 amide bonds. The summed E-state index contributed by atoms with van der Waals surface area (Å²) in [5.41, 5.74) is 6.87. The number of pyridine rings is 1. The van der Waals surface area contributed by atoms with E-state index in [2.05, 4.69) is 24.1 Å². The van der Waals surface area contributed by atoms with Crippen LogP contribution >= 0.6 is 0 Å². The van der Waals surface area contributed by atoms with E-state index >= 15 is 0 Å². The van der Waals surface area contributed by atoms with Gasteiger partial charge in [-0.05, 0) is 44.5 Å². The van der Waals surface area contributed by atoms with Crippen molar-refractivity contribution in [2.24, 2.45) is 0 Å². The third-order valence-corrected chi connectivity index (χ3v) is 2.76. The van der Waals surface area contributed by atoms with Crippen LogP contribution in [0.5, 0.6) is 0 Å². The van der Waals surface area contributed by atoms with Crippen LogP contribution in [0, 0.1) is 0 Å². The van der Waals surface area contributed by atoms with Crippen molar-refractivity contribution >= 4 is 5.82 Å². The van der Waals surface area contributed by atoms with E-state index in [-0.39, 0.29) is 6.10 Å². The quantitative estimate of drug-likeness (QED) is 0.756. The normalized spacial score (nSPS) is 14.5. The monoisotopic (exact) mass is 237 g/mol. The zero-order valence-electron chi connectivity index (χ0n) is 10.9. The lowest BCUT2D eigenvalue weighted by molar-refractivity contribution is 0.0480.